The number of unbranched alkanes of at least 4 members (excludes halogenated alkanes) is 2. The third-order valence-corrected chi connectivity index (χ3v) is 8.52. The summed E-state index contributed by atoms with van der Waals surface area (Å²) in [4.78, 5) is 34.6. The van der Waals surface area contributed by atoms with Gasteiger partial charge in [0.2, 0.25) is 5.91 Å². The summed E-state index contributed by atoms with van der Waals surface area (Å²) < 4.78 is 5.76. The number of thiazole rings is 1. The number of likely N-dealkylation sites (tertiary alicyclic amines) is 1. The summed E-state index contributed by atoms with van der Waals surface area (Å²) in [5.74, 6) is 1.47. The largest absolute Gasteiger partial charge is 0.461 e. The van der Waals surface area contributed by atoms with E-state index in [1.807, 2.05) is 41.4 Å². The fourth-order valence-corrected chi connectivity index (χ4v) is 6.37. The second kappa shape index (κ2) is 15.3. The third-order valence-electron chi connectivity index (χ3n) is 5.49. The van der Waals surface area contributed by atoms with E-state index in [0.29, 0.717) is 31.0 Å². The number of hydrogen-bond donors (Lipinski definition) is 1. The van der Waals surface area contributed by atoms with Gasteiger partial charge in [0, 0.05) is 30.3 Å². The van der Waals surface area contributed by atoms with Crippen LogP contribution >= 0.6 is 34.9 Å². The van der Waals surface area contributed by atoms with E-state index in [-0.39, 0.29) is 11.9 Å². The Morgan fingerprint density at radius 3 is 3.00 bits per heavy atom. The molecule has 0 aliphatic carbocycles. The van der Waals surface area contributed by atoms with Crippen LogP contribution in [-0.4, -0.2) is 68.7 Å². The Labute approximate surface area is 219 Å². The summed E-state index contributed by atoms with van der Waals surface area (Å²) >= 11 is 4.71. The molecule has 2 aromatic rings. The molecule has 3 heterocycles. The van der Waals surface area contributed by atoms with Crippen molar-refractivity contribution >= 4 is 46.7 Å². The average Bonchev–Trinajstić information content (AvgIpc) is 3.48. The number of hydrogen-bond acceptors (Lipinski definition) is 9. The number of nitrogens with zero attached hydrogens (tertiary/aromatic N) is 3. The van der Waals surface area contributed by atoms with Crippen LogP contribution in [0, 0.1) is 0 Å². The zero-order chi connectivity index (χ0) is 24.9. The molecule has 10 heteroatoms. The summed E-state index contributed by atoms with van der Waals surface area (Å²) in [6, 6.07) is 5.97. The fraction of sp³-hybridized carbons (Fsp3) is 0.520. The van der Waals surface area contributed by atoms with E-state index >= 15 is 0 Å². The Morgan fingerprint density at radius 2 is 2.20 bits per heavy atom. The number of rotatable bonds is 15. The molecule has 1 fully saturated rings. The second-order valence-corrected chi connectivity index (χ2v) is 11.4. The lowest BCUT2D eigenvalue weighted by Crippen LogP contribution is -2.33. The Kier molecular flexibility index (Phi) is 12.1. The zero-order valence-electron chi connectivity index (χ0n) is 20.0. The summed E-state index contributed by atoms with van der Waals surface area (Å²) in [5, 5.41) is 13.1. The van der Waals surface area contributed by atoms with Gasteiger partial charge in [0.05, 0.1) is 23.8 Å². The van der Waals surface area contributed by atoms with Gasteiger partial charge in [-0.1, -0.05) is 42.8 Å². The minimum Gasteiger partial charge on any atom is -0.461 e. The SMILES string of the molecule is CCOC(=O)c1csc(SCCN2C(=O)CC[C@@H]2/C=C/C(O)CCCCCSc2ccccn2)n1. The van der Waals surface area contributed by atoms with Gasteiger partial charge in [-0.05, 0) is 44.1 Å². The molecule has 0 radical (unpaired) electrons. The highest BCUT2D eigenvalue weighted by molar-refractivity contribution is 8.01. The van der Waals surface area contributed by atoms with Crippen LogP contribution in [-0.2, 0) is 9.53 Å². The zero-order valence-corrected chi connectivity index (χ0v) is 22.5. The minimum atomic E-state index is -0.484. The highest BCUT2D eigenvalue weighted by Crippen LogP contribution is 2.26. The Bertz CT molecular complexity index is 954. The van der Waals surface area contributed by atoms with E-state index < -0.39 is 12.1 Å². The molecule has 3 rings (SSSR count). The highest BCUT2D eigenvalue weighted by atomic mass is 32.2. The van der Waals surface area contributed by atoms with E-state index in [1.165, 1.54) is 23.1 Å². The van der Waals surface area contributed by atoms with Crippen molar-refractivity contribution < 1.29 is 19.4 Å². The monoisotopic (exact) mass is 535 g/mol. The van der Waals surface area contributed by atoms with E-state index in [9.17, 15) is 14.7 Å². The third kappa shape index (κ3) is 9.59. The molecule has 1 aliphatic rings. The first-order chi connectivity index (χ1) is 17.1. The molecule has 1 aliphatic heterocycles. The first kappa shape index (κ1) is 27.7. The fourth-order valence-electron chi connectivity index (χ4n) is 3.69. The van der Waals surface area contributed by atoms with Crippen molar-refractivity contribution in [3.63, 3.8) is 0 Å². The van der Waals surface area contributed by atoms with Gasteiger partial charge in [0.15, 0.2) is 10.0 Å². The van der Waals surface area contributed by atoms with Crippen molar-refractivity contribution in [2.45, 2.75) is 67.0 Å². The van der Waals surface area contributed by atoms with Crippen molar-refractivity contribution in [3.05, 3.63) is 47.6 Å². The lowest BCUT2D eigenvalue weighted by molar-refractivity contribution is -0.128. The van der Waals surface area contributed by atoms with E-state index in [2.05, 4.69) is 9.97 Å². The molecule has 0 bridgehead atoms. The van der Waals surface area contributed by atoms with Crippen LogP contribution in [0.25, 0.3) is 0 Å². The van der Waals surface area contributed by atoms with Gasteiger partial charge in [-0.25, -0.2) is 14.8 Å². The number of ether oxygens (including phenoxy) is 1. The number of esters is 1. The van der Waals surface area contributed by atoms with E-state index in [1.54, 1.807) is 24.1 Å². The number of thioether (sulfide) groups is 2. The number of carbonyl (C=O) groups is 2. The Balaban J connectivity index is 1.33. The van der Waals surface area contributed by atoms with Crippen LogP contribution in [0.2, 0.25) is 0 Å². The number of pyridine rings is 1. The Morgan fingerprint density at radius 1 is 1.31 bits per heavy atom. The first-order valence-electron chi connectivity index (χ1n) is 12.0. The van der Waals surface area contributed by atoms with Crippen molar-refractivity contribution in [1.29, 1.82) is 0 Å². The van der Waals surface area contributed by atoms with Gasteiger partial charge < -0.3 is 14.7 Å². The average molecular weight is 536 g/mol. The van der Waals surface area contributed by atoms with E-state index in [0.717, 1.165) is 47.2 Å². The topological polar surface area (TPSA) is 92.6 Å². The van der Waals surface area contributed by atoms with Crippen molar-refractivity contribution in [1.82, 2.24) is 14.9 Å². The van der Waals surface area contributed by atoms with Crippen molar-refractivity contribution in [3.8, 4) is 0 Å². The maximum Gasteiger partial charge on any atom is 0.357 e. The van der Waals surface area contributed by atoms with Gasteiger partial charge in [0.1, 0.15) is 0 Å². The lowest BCUT2D eigenvalue weighted by Gasteiger charge is -2.22. The molecule has 1 saturated heterocycles. The normalized spacial score (nSPS) is 16.8. The second-order valence-electron chi connectivity index (χ2n) is 8.08. The summed E-state index contributed by atoms with van der Waals surface area (Å²) in [6.45, 7) is 2.70. The van der Waals surface area contributed by atoms with Crippen molar-refractivity contribution in [2.75, 3.05) is 24.7 Å². The molecule has 0 saturated carbocycles. The number of aliphatic hydroxyl groups is 1. The maximum atomic E-state index is 12.4. The van der Waals surface area contributed by atoms with Gasteiger partial charge in [-0.15, -0.1) is 23.1 Å². The molecule has 1 amide bonds. The minimum absolute atomic E-state index is 0.0268. The van der Waals surface area contributed by atoms with Crippen LogP contribution in [0.4, 0.5) is 0 Å². The van der Waals surface area contributed by atoms with Crippen LogP contribution in [0.1, 0.15) is 55.9 Å². The molecule has 2 atom stereocenters. The lowest BCUT2D eigenvalue weighted by atomic mass is 10.1. The predicted molar refractivity (Wildman–Crippen MR) is 142 cm³/mol. The number of amides is 1. The Hall–Kier alpha value is -1.88. The molecule has 0 aromatic carbocycles. The molecule has 1 unspecified atom stereocenters. The molecular formula is C25H33N3O4S3. The quantitative estimate of drug-likeness (QED) is 0.146. The number of aliphatic hydroxyl groups excluding tert-OH is 1. The summed E-state index contributed by atoms with van der Waals surface area (Å²) in [6.07, 6.45) is 10.3. The van der Waals surface area contributed by atoms with Crippen LogP contribution < -0.4 is 0 Å². The molecule has 35 heavy (non-hydrogen) atoms. The van der Waals surface area contributed by atoms with Crippen LogP contribution in [0.5, 0.6) is 0 Å². The van der Waals surface area contributed by atoms with Gasteiger partial charge >= 0.3 is 5.97 Å². The molecule has 1 N–H and O–H groups in total. The summed E-state index contributed by atoms with van der Waals surface area (Å²) in [5.41, 5.74) is 0.332. The smallest absolute Gasteiger partial charge is 0.357 e. The highest BCUT2D eigenvalue weighted by Gasteiger charge is 2.28. The van der Waals surface area contributed by atoms with E-state index in [4.69, 9.17) is 4.74 Å². The summed E-state index contributed by atoms with van der Waals surface area (Å²) in [7, 11) is 0. The van der Waals surface area contributed by atoms with Gasteiger partial charge in [-0.2, -0.15) is 0 Å². The van der Waals surface area contributed by atoms with Crippen LogP contribution in [0.15, 0.2) is 51.3 Å². The molecular weight excluding hydrogens is 502 g/mol. The van der Waals surface area contributed by atoms with Gasteiger partial charge in [-0.3, -0.25) is 4.79 Å². The number of aromatic nitrogens is 2. The number of carbonyl (C=O) groups excluding carboxylic acids is 2. The van der Waals surface area contributed by atoms with Crippen LogP contribution in [0.3, 0.4) is 0 Å². The van der Waals surface area contributed by atoms with Crippen molar-refractivity contribution in [2.24, 2.45) is 0 Å². The molecule has 7 nitrogen and oxygen atoms in total. The standard InChI is InChI=1S/C25H33N3O4S3/c1-2-32-24(31)21-18-35-25(27-21)34-17-15-28-19(11-13-23(28)30)10-12-20(29)8-4-3-7-16-33-22-9-5-6-14-26-22/h5-6,9-10,12,14,18-20,29H,2-4,7-8,11,13,15-17H2,1H3/b12-10+/t19-,20?/m0/s1. The van der Waals surface area contributed by atoms with Gasteiger partial charge in [0.25, 0.3) is 0 Å². The maximum absolute atomic E-state index is 12.4. The molecule has 190 valence electrons. The first-order valence-corrected chi connectivity index (χ1v) is 14.9. The molecule has 2 aromatic heterocycles. The molecule has 0 spiro atoms. The predicted octanol–water partition coefficient (Wildman–Crippen LogP) is 5.07.